The van der Waals surface area contributed by atoms with Crippen molar-refractivity contribution in [3.63, 3.8) is 0 Å². The van der Waals surface area contributed by atoms with Crippen LogP contribution in [0.2, 0.25) is 5.02 Å². The number of carbonyl (C=O) groups is 2. The van der Waals surface area contributed by atoms with Crippen LogP contribution in [0.3, 0.4) is 0 Å². The highest BCUT2D eigenvalue weighted by Gasteiger charge is 2.25. The predicted molar refractivity (Wildman–Crippen MR) is 104 cm³/mol. The van der Waals surface area contributed by atoms with Crippen LogP contribution in [-0.4, -0.2) is 59.0 Å². The van der Waals surface area contributed by atoms with Crippen LogP contribution in [0.15, 0.2) is 42.7 Å². The largest absolute Gasteiger partial charge is 0.337 e. The van der Waals surface area contributed by atoms with E-state index in [1.54, 1.807) is 54.5 Å². The lowest BCUT2D eigenvalue weighted by Crippen LogP contribution is -2.55. The monoisotopic (exact) mass is 388 g/mol. The van der Waals surface area contributed by atoms with Gasteiger partial charge < -0.3 is 20.4 Å². The molecule has 0 saturated carbocycles. The minimum atomic E-state index is -0.691. The molecular formula is C18H21ClN6O2. The van der Waals surface area contributed by atoms with Gasteiger partial charge in [0.1, 0.15) is 6.04 Å². The number of piperazine rings is 1. The molecule has 27 heavy (non-hydrogen) atoms. The lowest BCUT2D eigenvalue weighted by molar-refractivity contribution is -0.117. The molecule has 3 amide bonds. The highest BCUT2D eigenvalue weighted by Crippen LogP contribution is 2.20. The number of nitrogens with one attached hydrogen (secondary N) is 2. The van der Waals surface area contributed by atoms with Gasteiger partial charge in [-0.3, -0.25) is 4.79 Å². The molecule has 0 spiro atoms. The summed E-state index contributed by atoms with van der Waals surface area (Å²) < 4.78 is 0. The number of rotatable bonds is 4. The third kappa shape index (κ3) is 4.85. The summed E-state index contributed by atoms with van der Waals surface area (Å²) in [6, 6.07) is 7.76. The Morgan fingerprint density at radius 1 is 1.07 bits per heavy atom. The molecule has 1 aliphatic rings. The van der Waals surface area contributed by atoms with E-state index in [1.807, 2.05) is 4.90 Å². The Bertz CT molecular complexity index is 795. The summed E-state index contributed by atoms with van der Waals surface area (Å²) in [6.45, 7) is 3.97. The van der Waals surface area contributed by atoms with Crippen molar-refractivity contribution < 1.29 is 9.59 Å². The first kappa shape index (κ1) is 18.9. The van der Waals surface area contributed by atoms with E-state index in [-0.39, 0.29) is 11.9 Å². The van der Waals surface area contributed by atoms with E-state index in [0.717, 1.165) is 0 Å². The fraction of sp³-hybridized carbons (Fsp3) is 0.333. The van der Waals surface area contributed by atoms with Crippen molar-refractivity contribution in [3.8, 4) is 0 Å². The van der Waals surface area contributed by atoms with E-state index in [1.165, 1.54) is 0 Å². The van der Waals surface area contributed by atoms with Gasteiger partial charge in [-0.2, -0.15) is 0 Å². The first-order valence-corrected chi connectivity index (χ1v) is 9.05. The number of benzene rings is 1. The van der Waals surface area contributed by atoms with E-state index in [9.17, 15) is 9.59 Å². The Hall–Kier alpha value is -2.87. The predicted octanol–water partition coefficient (Wildman–Crippen LogP) is 1.99. The van der Waals surface area contributed by atoms with Gasteiger partial charge in [0.15, 0.2) is 0 Å². The Balaban J connectivity index is 1.49. The Labute approximate surface area is 162 Å². The highest BCUT2D eigenvalue weighted by molar-refractivity contribution is 6.33. The zero-order valence-corrected chi connectivity index (χ0v) is 15.7. The van der Waals surface area contributed by atoms with Crippen LogP contribution in [-0.2, 0) is 4.79 Å². The van der Waals surface area contributed by atoms with E-state index >= 15 is 0 Å². The summed E-state index contributed by atoms with van der Waals surface area (Å²) in [4.78, 5) is 36.9. The molecule has 0 bridgehead atoms. The highest BCUT2D eigenvalue weighted by atomic mass is 35.5. The van der Waals surface area contributed by atoms with Crippen LogP contribution in [0.25, 0.3) is 0 Å². The Kier molecular flexibility index (Phi) is 6.08. The van der Waals surface area contributed by atoms with Gasteiger partial charge in [-0.25, -0.2) is 14.8 Å². The number of hydrogen-bond donors (Lipinski definition) is 2. The van der Waals surface area contributed by atoms with Crippen molar-refractivity contribution in [2.75, 3.05) is 36.4 Å². The van der Waals surface area contributed by atoms with Gasteiger partial charge in [0, 0.05) is 38.6 Å². The van der Waals surface area contributed by atoms with Crippen molar-refractivity contribution in [3.05, 3.63) is 47.7 Å². The van der Waals surface area contributed by atoms with Gasteiger partial charge >= 0.3 is 6.03 Å². The zero-order valence-electron chi connectivity index (χ0n) is 14.9. The second-order valence-electron chi connectivity index (χ2n) is 6.16. The molecule has 0 radical (unpaired) electrons. The summed E-state index contributed by atoms with van der Waals surface area (Å²) in [5.41, 5.74) is 0.516. The third-order valence-corrected chi connectivity index (χ3v) is 4.60. The molecule has 1 aromatic heterocycles. The van der Waals surface area contributed by atoms with Crippen LogP contribution < -0.4 is 15.5 Å². The lowest BCUT2D eigenvalue weighted by atomic mass is 10.2. The van der Waals surface area contributed by atoms with Gasteiger partial charge in [-0.15, -0.1) is 0 Å². The van der Waals surface area contributed by atoms with Gasteiger partial charge in [-0.05, 0) is 25.1 Å². The number of hydrogen-bond acceptors (Lipinski definition) is 5. The Morgan fingerprint density at radius 3 is 2.41 bits per heavy atom. The number of anilines is 2. The molecular weight excluding hydrogens is 368 g/mol. The van der Waals surface area contributed by atoms with Crippen LogP contribution >= 0.6 is 11.6 Å². The normalized spacial score (nSPS) is 15.2. The summed E-state index contributed by atoms with van der Waals surface area (Å²) in [7, 11) is 0. The van der Waals surface area contributed by atoms with Gasteiger partial charge in [0.2, 0.25) is 11.9 Å². The number of halogens is 1. The molecule has 3 rings (SSSR count). The standard InChI is InChI=1S/C18H21ClN6O2/c1-13(16(26)23-15-6-3-2-5-14(15)19)22-18(27)25-11-9-24(10-12-25)17-20-7-4-8-21-17/h2-8,13H,9-12H2,1H3,(H,22,27)(H,23,26)/t13-/m0/s1. The van der Waals surface area contributed by atoms with Gasteiger partial charge in [0.05, 0.1) is 10.7 Å². The second-order valence-corrected chi connectivity index (χ2v) is 6.57. The van der Waals surface area contributed by atoms with Crippen LogP contribution in [0.5, 0.6) is 0 Å². The third-order valence-electron chi connectivity index (χ3n) is 4.27. The van der Waals surface area contributed by atoms with Crippen molar-refractivity contribution in [1.29, 1.82) is 0 Å². The topological polar surface area (TPSA) is 90.5 Å². The molecule has 1 aliphatic heterocycles. The molecule has 1 aromatic carbocycles. The molecule has 0 unspecified atom stereocenters. The maximum absolute atomic E-state index is 12.4. The SMILES string of the molecule is C[C@H](NC(=O)N1CCN(c2ncccn2)CC1)C(=O)Nc1ccccc1Cl. The van der Waals surface area contributed by atoms with E-state index < -0.39 is 6.04 Å². The van der Waals surface area contributed by atoms with Crippen molar-refractivity contribution in [1.82, 2.24) is 20.2 Å². The number of carbonyl (C=O) groups excluding carboxylic acids is 2. The summed E-state index contributed by atoms with van der Waals surface area (Å²) in [5.74, 6) is 0.331. The molecule has 2 N–H and O–H groups in total. The average Bonchev–Trinajstić information content (AvgIpc) is 2.70. The maximum atomic E-state index is 12.4. The fourth-order valence-corrected chi connectivity index (χ4v) is 2.89. The molecule has 1 fully saturated rings. The molecule has 142 valence electrons. The maximum Gasteiger partial charge on any atom is 0.318 e. The molecule has 2 heterocycles. The fourth-order valence-electron chi connectivity index (χ4n) is 2.71. The zero-order chi connectivity index (χ0) is 19.2. The average molecular weight is 389 g/mol. The summed E-state index contributed by atoms with van der Waals surface area (Å²) in [5, 5.41) is 5.89. The number of nitrogens with zero attached hydrogens (tertiary/aromatic N) is 4. The second kappa shape index (κ2) is 8.68. The van der Waals surface area contributed by atoms with Crippen molar-refractivity contribution in [2.24, 2.45) is 0 Å². The number of amides is 3. The molecule has 1 atom stereocenters. The van der Waals surface area contributed by atoms with E-state index in [4.69, 9.17) is 11.6 Å². The van der Waals surface area contributed by atoms with Crippen molar-refractivity contribution >= 4 is 35.2 Å². The first-order chi connectivity index (χ1) is 13.0. The number of para-hydroxylation sites is 1. The minimum Gasteiger partial charge on any atom is -0.337 e. The first-order valence-electron chi connectivity index (χ1n) is 8.67. The van der Waals surface area contributed by atoms with Gasteiger partial charge in [-0.1, -0.05) is 23.7 Å². The van der Waals surface area contributed by atoms with Crippen LogP contribution in [0.1, 0.15) is 6.92 Å². The van der Waals surface area contributed by atoms with E-state index in [0.29, 0.717) is 42.8 Å². The Morgan fingerprint density at radius 2 is 1.74 bits per heavy atom. The smallest absolute Gasteiger partial charge is 0.318 e. The summed E-state index contributed by atoms with van der Waals surface area (Å²) in [6.07, 6.45) is 3.39. The van der Waals surface area contributed by atoms with Crippen LogP contribution in [0, 0.1) is 0 Å². The molecule has 9 heteroatoms. The van der Waals surface area contributed by atoms with Crippen molar-refractivity contribution in [2.45, 2.75) is 13.0 Å². The summed E-state index contributed by atoms with van der Waals surface area (Å²) >= 11 is 6.04. The molecule has 8 nitrogen and oxygen atoms in total. The minimum absolute atomic E-state index is 0.273. The molecule has 2 aromatic rings. The van der Waals surface area contributed by atoms with E-state index in [2.05, 4.69) is 20.6 Å². The molecule has 0 aliphatic carbocycles. The number of urea groups is 1. The molecule has 1 saturated heterocycles. The quantitative estimate of drug-likeness (QED) is 0.835. The van der Waals surface area contributed by atoms with Gasteiger partial charge in [0.25, 0.3) is 0 Å². The van der Waals surface area contributed by atoms with Crippen LogP contribution in [0.4, 0.5) is 16.4 Å². The lowest BCUT2D eigenvalue weighted by Gasteiger charge is -2.35. The number of aromatic nitrogens is 2.